The molecule has 80 valence electrons. The van der Waals surface area contributed by atoms with Crippen LogP contribution in [0.5, 0.6) is 5.75 Å². The average Bonchev–Trinajstić information content (AvgIpc) is 2.77. The molecule has 0 saturated carbocycles. The molecule has 1 aromatic heterocycles. The molecule has 0 aliphatic heterocycles. The minimum Gasteiger partial charge on any atom is -0.497 e. The van der Waals surface area contributed by atoms with Crippen molar-refractivity contribution >= 4 is 11.6 Å². The minimum absolute atomic E-state index is 0.224. The van der Waals surface area contributed by atoms with Crippen molar-refractivity contribution in [2.75, 3.05) is 7.11 Å². The Morgan fingerprint density at radius 2 is 2.25 bits per heavy atom. The Labute approximate surface area is 97.0 Å². The third-order valence-electron chi connectivity index (χ3n) is 2.07. The fraction of sp³-hybridized carbons (Fsp3) is 0.0909. The molecule has 16 heavy (non-hydrogen) atoms. The highest BCUT2D eigenvalue weighted by Gasteiger charge is 2.10. The molecule has 0 amide bonds. The molecule has 1 aromatic carbocycles. The predicted octanol–water partition coefficient (Wildman–Crippen LogP) is 2.88. The molecule has 1 heterocycles. The van der Waals surface area contributed by atoms with Gasteiger partial charge in [-0.15, -0.1) is 0 Å². The van der Waals surface area contributed by atoms with Gasteiger partial charge >= 0.3 is 0 Å². The SMILES string of the molecule is COc1ccc(-c2cc(C#N)no2)c(Cl)c1. The fourth-order valence-electron chi connectivity index (χ4n) is 1.28. The first-order valence-electron chi connectivity index (χ1n) is 4.45. The van der Waals surface area contributed by atoms with Crippen molar-refractivity contribution in [2.24, 2.45) is 0 Å². The highest BCUT2D eigenvalue weighted by atomic mass is 35.5. The van der Waals surface area contributed by atoms with Gasteiger partial charge in [-0.1, -0.05) is 16.8 Å². The largest absolute Gasteiger partial charge is 0.497 e. The smallest absolute Gasteiger partial charge is 0.184 e. The monoisotopic (exact) mass is 234 g/mol. The van der Waals surface area contributed by atoms with Crippen LogP contribution in [-0.4, -0.2) is 12.3 Å². The maximum Gasteiger partial charge on any atom is 0.184 e. The van der Waals surface area contributed by atoms with Crippen molar-refractivity contribution in [3.63, 3.8) is 0 Å². The first-order chi connectivity index (χ1) is 7.74. The average molecular weight is 235 g/mol. The number of ether oxygens (including phenoxy) is 1. The molecular weight excluding hydrogens is 228 g/mol. The van der Waals surface area contributed by atoms with E-state index in [0.717, 1.165) is 0 Å². The van der Waals surface area contributed by atoms with Gasteiger partial charge in [0.05, 0.1) is 12.1 Å². The molecule has 0 bridgehead atoms. The van der Waals surface area contributed by atoms with Crippen molar-refractivity contribution in [1.29, 1.82) is 5.26 Å². The highest BCUT2D eigenvalue weighted by Crippen LogP contribution is 2.31. The van der Waals surface area contributed by atoms with Crippen molar-refractivity contribution in [2.45, 2.75) is 0 Å². The van der Waals surface area contributed by atoms with Gasteiger partial charge in [0.1, 0.15) is 11.8 Å². The predicted molar refractivity (Wildman–Crippen MR) is 58.2 cm³/mol. The van der Waals surface area contributed by atoms with E-state index < -0.39 is 0 Å². The fourth-order valence-corrected chi connectivity index (χ4v) is 1.54. The second kappa shape index (κ2) is 4.25. The van der Waals surface area contributed by atoms with E-state index in [-0.39, 0.29) is 5.69 Å². The molecule has 4 nitrogen and oxygen atoms in total. The molecule has 0 spiro atoms. The zero-order chi connectivity index (χ0) is 11.5. The molecular formula is C11H7ClN2O2. The number of hydrogen-bond donors (Lipinski definition) is 0. The summed E-state index contributed by atoms with van der Waals surface area (Å²) in [4.78, 5) is 0. The Balaban J connectivity index is 2.45. The topological polar surface area (TPSA) is 59.0 Å². The number of rotatable bonds is 2. The number of nitriles is 1. The van der Waals surface area contributed by atoms with E-state index in [0.29, 0.717) is 22.1 Å². The summed E-state index contributed by atoms with van der Waals surface area (Å²) in [6, 6.07) is 8.61. The Kier molecular flexibility index (Phi) is 2.80. The molecule has 0 aliphatic rings. The molecule has 0 fully saturated rings. The molecule has 2 aromatic rings. The second-order valence-corrected chi connectivity index (χ2v) is 3.44. The maximum absolute atomic E-state index is 8.62. The van der Waals surface area contributed by atoms with E-state index in [1.165, 1.54) is 6.07 Å². The first-order valence-corrected chi connectivity index (χ1v) is 4.83. The number of methoxy groups -OCH3 is 1. The third-order valence-corrected chi connectivity index (χ3v) is 2.38. The van der Waals surface area contributed by atoms with Crippen LogP contribution >= 0.6 is 11.6 Å². The van der Waals surface area contributed by atoms with Gasteiger partial charge in [-0.2, -0.15) is 5.26 Å². The normalized spacial score (nSPS) is 9.81. The van der Waals surface area contributed by atoms with E-state index in [2.05, 4.69) is 5.16 Å². The lowest BCUT2D eigenvalue weighted by molar-refractivity contribution is 0.414. The van der Waals surface area contributed by atoms with E-state index in [1.807, 2.05) is 6.07 Å². The summed E-state index contributed by atoms with van der Waals surface area (Å²) in [5, 5.41) is 12.7. The Hall–Kier alpha value is -1.99. The Morgan fingerprint density at radius 1 is 1.44 bits per heavy atom. The first kappa shape index (κ1) is 10.5. The number of aromatic nitrogens is 1. The van der Waals surface area contributed by atoms with Gasteiger partial charge in [0, 0.05) is 11.6 Å². The summed E-state index contributed by atoms with van der Waals surface area (Å²) in [7, 11) is 1.56. The van der Waals surface area contributed by atoms with Gasteiger partial charge in [-0.05, 0) is 18.2 Å². The summed E-state index contributed by atoms with van der Waals surface area (Å²) >= 11 is 6.04. The number of hydrogen-bond acceptors (Lipinski definition) is 4. The zero-order valence-electron chi connectivity index (χ0n) is 8.40. The summed E-state index contributed by atoms with van der Waals surface area (Å²) in [5.41, 5.74) is 0.901. The number of nitrogens with zero attached hydrogens (tertiary/aromatic N) is 2. The van der Waals surface area contributed by atoms with Crippen LogP contribution in [-0.2, 0) is 0 Å². The molecule has 0 saturated heterocycles. The number of halogens is 1. The van der Waals surface area contributed by atoms with Gasteiger partial charge in [-0.25, -0.2) is 0 Å². The van der Waals surface area contributed by atoms with Crippen molar-refractivity contribution in [3.8, 4) is 23.1 Å². The molecule has 2 rings (SSSR count). The van der Waals surface area contributed by atoms with E-state index in [4.69, 9.17) is 26.1 Å². The van der Waals surface area contributed by atoms with Gasteiger partial charge in [-0.3, -0.25) is 0 Å². The number of benzene rings is 1. The van der Waals surface area contributed by atoms with Crippen LogP contribution in [0.4, 0.5) is 0 Å². The van der Waals surface area contributed by atoms with Gasteiger partial charge in [0.15, 0.2) is 11.5 Å². The van der Waals surface area contributed by atoms with Gasteiger partial charge in [0.2, 0.25) is 0 Å². The van der Waals surface area contributed by atoms with Crippen molar-refractivity contribution < 1.29 is 9.26 Å². The Morgan fingerprint density at radius 3 is 2.81 bits per heavy atom. The van der Waals surface area contributed by atoms with Crippen LogP contribution in [0.3, 0.4) is 0 Å². The standard InChI is InChI=1S/C11H7ClN2O2/c1-15-8-2-3-9(10(12)5-8)11-4-7(6-13)14-16-11/h2-5H,1H3. The minimum atomic E-state index is 0.224. The lowest BCUT2D eigenvalue weighted by Gasteiger charge is -2.02. The molecule has 0 aliphatic carbocycles. The summed E-state index contributed by atoms with van der Waals surface area (Å²) in [6.45, 7) is 0. The van der Waals surface area contributed by atoms with E-state index >= 15 is 0 Å². The van der Waals surface area contributed by atoms with Crippen LogP contribution in [0.2, 0.25) is 5.02 Å². The van der Waals surface area contributed by atoms with Crippen molar-refractivity contribution in [3.05, 3.63) is 35.0 Å². The van der Waals surface area contributed by atoms with E-state index in [1.54, 1.807) is 25.3 Å². The maximum atomic E-state index is 8.62. The molecule has 5 heteroatoms. The van der Waals surface area contributed by atoms with Crippen LogP contribution in [0.1, 0.15) is 5.69 Å². The second-order valence-electron chi connectivity index (χ2n) is 3.03. The molecule has 0 unspecified atom stereocenters. The summed E-state index contributed by atoms with van der Waals surface area (Å²) in [6.07, 6.45) is 0. The molecule has 0 atom stereocenters. The van der Waals surface area contributed by atoms with Gasteiger partial charge < -0.3 is 9.26 Å². The summed E-state index contributed by atoms with van der Waals surface area (Å²) < 4.78 is 10.0. The van der Waals surface area contributed by atoms with Crippen molar-refractivity contribution in [1.82, 2.24) is 5.16 Å². The molecule has 0 radical (unpaired) electrons. The highest BCUT2D eigenvalue weighted by molar-refractivity contribution is 6.33. The summed E-state index contributed by atoms with van der Waals surface area (Å²) in [5.74, 6) is 1.12. The molecule has 0 N–H and O–H groups in total. The zero-order valence-corrected chi connectivity index (χ0v) is 9.15. The quantitative estimate of drug-likeness (QED) is 0.802. The third kappa shape index (κ3) is 1.86. The van der Waals surface area contributed by atoms with Gasteiger partial charge in [0.25, 0.3) is 0 Å². The lowest BCUT2D eigenvalue weighted by atomic mass is 10.1. The Bertz CT molecular complexity index is 557. The lowest BCUT2D eigenvalue weighted by Crippen LogP contribution is -1.83. The van der Waals surface area contributed by atoms with Crippen LogP contribution in [0, 0.1) is 11.3 Å². The van der Waals surface area contributed by atoms with Crippen LogP contribution in [0.25, 0.3) is 11.3 Å². The van der Waals surface area contributed by atoms with Crippen LogP contribution < -0.4 is 4.74 Å². The van der Waals surface area contributed by atoms with Crippen LogP contribution in [0.15, 0.2) is 28.8 Å². The van der Waals surface area contributed by atoms with E-state index in [9.17, 15) is 0 Å².